The van der Waals surface area contributed by atoms with E-state index in [0.717, 1.165) is 0 Å². The molecule has 0 aliphatic carbocycles. The quantitative estimate of drug-likeness (QED) is 0.762. The molecule has 1 N–H and O–H groups in total. The molecule has 1 aromatic rings. The summed E-state index contributed by atoms with van der Waals surface area (Å²) in [5.41, 5.74) is 0. The summed E-state index contributed by atoms with van der Waals surface area (Å²) in [6.07, 6.45) is 1.06. The first-order chi connectivity index (χ1) is 9.39. The van der Waals surface area contributed by atoms with Crippen molar-refractivity contribution in [3.8, 4) is 0 Å². The third-order valence-electron chi connectivity index (χ3n) is 3.23. The number of aryl methyl sites for hydroxylation is 1. The highest BCUT2D eigenvalue weighted by atomic mass is 32.2. The molecule has 20 heavy (non-hydrogen) atoms. The van der Waals surface area contributed by atoms with E-state index in [9.17, 15) is 13.2 Å². The molecule has 112 valence electrons. The van der Waals surface area contributed by atoms with Gasteiger partial charge in [0.15, 0.2) is 15.7 Å². The van der Waals surface area contributed by atoms with Crippen molar-refractivity contribution in [2.45, 2.75) is 32.4 Å². The zero-order valence-corrected chi connectivity index (χ0v) is 12.0. The van der Waals surface area contributed by atoms with Crippen LogP contribution >= 0.6 is 0 Å². The topological polar surface area (TPSA) is 114 Å². The first kappa shape index (κ1) is 14.9. The number of sulfone groups is 1. The summed E-state index contributed by atoms with van der Waals surface area (Å²) in [5.74, 6) is -0.0707. The molecule has 1 atom stereocenters. The highest BCUT2D eigenvalue weighted by Crippen LogP contribution is 2.19. The standard InChI is InChI=1S/C11H17N3O5S/c1-2-9-12-10(19-13-9)5-14(6-11(15)16)8-3-4-20(17,18)7-8/h8H,2-7H2,1H3,(H,15,16). The van der Waals surface area contributed by atoms with Gasteiger partial charge in [0.25, 0.3) is 0 Å². The number of aliphatic carboxylic acids is 1. The third kappa shape index (κ3) is 3.76. The van der Waals surface area contributed by atoms with Gasteiger partial charge in [0, 0.05) is 12.5 Å². The van der Waals surface area contributed by atoms with Crippen molar-refractivity contribution in [2.75, 3.05) is 18.1 Å². The predicted octanol–water partition coefficient (Wildman–Crippen LogP) is -0.294. The fourth-order valence-corrected chi connectivity index (χ4v) is 3.98. The Morgan fingerprint density at radius 2 is 2.30 bits per heavy atom. The Morgan fingerprint density at radius 1 is 1.55 bits per heavy atom. The number of carbonyl (C=O) groups is 1. The van der Waals surface area contributed by atoms with Crippen LogP contribution in [0.3, 0.4) is 0 Å². The largest absolute Gasteiger partial charge is 0.480 e. The summed E-state index contributed by atoms with van der Waals surface area (Å²) in [4.78, 5) is 16.6. The molecule has 0 amide bonds. The van der Waals surface area contributed by atoms with Gasteiger partial charge < -0.3 is 9.63 Å². The Morgan fingerprint density at radius 3 is 2.80 bits per heavy atom. The molecule has 2 heterocycles. The number of rotatable bonds is 6. The molecule has 8 nitrogen and oxygen atoms in total. The number of hydrogen-bond acceptors (Lipinski definition) is 7. The lowest BCUT2D eigenvalue weighted by Gasteiger charge is -2.24. The maximum Gasteiger partial charge on any atom is 0.317 e. The molecule has 1 unspecified atom stereocenters. The molecule has 1 aromatic heterocycles. The normalized spacial score (nSPS) is 21.4. The fraction of sp³-hybridized carbons (Fsp3) is 0.727. The van der Waals surface area contributed by atoms with Gasteiger partial charge in [-0.2, -0.15) is 4.98 Å². The molecule has 0 spiro atoms. The fourth-order valence-electron chi connectivity index (χ4n) is 2.22. The van der Waals surface area contributed by atoms with Crippen molar-refractivity contribution in [1.82, 2.24) is 15.0 Å². The molecule has 1 fully saturated rings. The van der Waals surface area contributed by atoms with Crippen LogP contribution in [0.5, 0.6) is 0 Å². The smallest absolute Gasteiger partial charge is 0.317 e. The van der Waals surface area contributed by atoms with E-state index in [1.807, 2.05) is 6.92 Å². The van der Waals surface area contributed by atoms with Crippen LogP contribution in [0.4, 0.5) is 0 Å². The van der Waals surface area contributed by atoms with Gasteiger partial charge >= 0.3 is 5.97 Å². The highest BCUT2D eigenvalue weighted by molar-refractivity contribution is 7.91. The summed E-state index contributed by atoms with van der Waals surface area (Å²) in [6, 6.07) is -0.312. The van der Waals surface area contributed by atoms with Gasteiger partial charge in [-0.15, -0.1) is 0 Å². The van der Waals surface area contributed by atoms with Crippen LogP contribution in [-0.2, 0) is 27.6 Å². The molecule has 2 rings (SSSR count). The maximum absolute atomic E-state index is 11.5. The van der Waals surface area contributed by atoms with Crippen LogP contribution in [0.15, 0.2) is 4.52 Å². The average Bonchev–Trinajstić information content (AvgIpc) is 2.94. The van der Waals surface area contributed by atoms with Gasteiger partial charge in [-0.3, -0.25) is 9.69 Å². The van der Waals surface area contributed by atoms with E-state index in [-0.39, 0.29) is 30.6 Å². The van der Waals surface area contributed by atoms with E-state index in [4.69, 9.17) is 9.63 Å². The summed E-state index contributed by atoms with van der Waals surface area (Å²) in [6.45, 7) is 1.79. The highest BCUT2D eigenvalue weighted by Gasteiger charge is 2.33. The summed E-state index contributed by atoms with van der Waals surface area (Å²) in [7, 11) is -3.07. The second kappa shape index (κ2) is 5.88. The second-order valence-corrected chi connectivity index (χ2v) is 7.04. The SMILES string of the molecule is CCc1noc(CN(CC(=O)O)C2CCS(=O)(=O)C2)n1. The molecule has 1 aliphatic heterocycles. The van der Waals surface area contributed by atoms with Crippen LogP contribution in [0, 0.1) is 0 Å². The molecular formula is C11H17N3O5S. The summed E-state index contributed by atoms with van der Waals surface area (Å²) in [5, 5.41) is 12.7. The number of hydrogen-bond donors (Lipinski definition) is 1. The van der Waals surface area contributed by atoms with Crippen molar-refractivity contribution >= 4 is 15.8 Å². The van der Waals surface area contributed by atoms with E-state index in [0.29, 0.717) is 24.6 Å². The molecule has 1 saturated heterocycles. The van der Waals surface area contributed by atoms with Crippen LogP contribution in [-0.4, -0.2) is 58.6 Å². The molecule has 0 radical (unpaired) electrons. The summed E-state index contributed by atoms with van der Waals surface area (Å²) >= 11 is 0. The van der Waals surface area contributed by atoms with Gasteiger partial charge in [-0.1, -0.05) is 12.1 Å². The van der Waals surface area contributed by atoms with Gasteiger partial charge in [0.05, 0.1) is 24.6 Å². The van der Waals surface area contributed by atoms with Crippen molar-refractivity contribution in [3.63, 3.8) is 0 Å². The number of nitrogens with zero attached hydrogens (tertiary/aromatic N) is 3. The average molecular weight is 303 g/mol. The van der Waals surface area contributed by atoms with E-state index < -0.39 is 15.8 Å². The minimum Gasteiger partial charge on any atom is -0.480 e. The Labute approximate surface area is 116 Å². The zero-order chi connectivity index (χ0) is 14.8. The van der Waals surface area contributed by atoms with Crippen molar-refractivity contribution < 1.29 is 22.8 Å². The van der Waals surface area contributed by atoms with Gasteiger partial charge in [-0.25, -0.2) is 8.42 Å². The minimum atomic E-state index is -3.07. The maximum atomic E-state index is 11.5. The molecular weight excluding hydrogens is 286 g/mol. The first-order valence-electron chi connectivity index (χ1n) is 6.37. The van der Waals surface area contributed by atoms with Crippen molar-refractivity contribution in [1.29, 1.82) is 0 Å². The van der Waals surface area contributed by atoms with Crippen molar-refractivity contribution in [2.24, 2.45) is 0 Å². The van der Waals surface area contributed by atoms with E-state index in [2.05, 4.69) is 10.1 Å². The molecule has 1 aliphatic rings. The minimum absolute atomic E-state index is 0.0188. The van der Waals surface area contributed by atoms with Gasteiger partial charge in [-0.05, 0) is 6.42 Å². The molecule has 0 bridgehead atoms. The van der Waals surface area contributed by atoms with Crippen LogP contribution < -0.4 is 0 Å². The summed E-state index contributed by atoms with van der Waals surface area (Å²) < 4.78 is 28.1. The number of aromatic nitrogens is 2. The van der Waals surface area contributed by atoms with E-state index in [1.165, 1.54) is 0 Å². The zero-order valence-electron chi connectivity index (χ0n) is 11.2. The van der Waals surface area contributed by atoms with Crippen LogP contribution in [0.1, 0.15) is 25.1 Å². The first-order valence-corrected chi connectivity index (χ1v) is 8.19. The number of carboxylic acid groups (broad SMARTS) is 1. The van der Waals surface area contributed by atoms with Crippen molar-refractivity contribution in [3.05, 3.63) is 11.7 Å². The molecule has 0 aromatic carbocycles. The Hall–Kier alpha value is -1.48. The van der Waals surface area contributed by atoms with Crippen LogP contribution in [0.25, 0.3) is 0 Å². The Balaban J connectivity index is 2.09. The lowest BCUT2D eigenvalue weighted by Crippen LogP contribution is -2.39. The molecule has 0 saturated carbocycles. The third-order valence-corrected chi connectivity index (χ3v) is 4.98. The van der Waals surface area contributed by atoms with Gasteiger partial charge in [0.1, 0.15) is 0 Å². The van der Waals surface area contributed by atoms with E-state index in [1.54, 1.807) is 4.90 Å². The lowest BCUT2D eigenvalue weighted by atomic mass is 10.2. The predicted molar refractivity (Wildman–Crippen MR) is 68.8 cm³/mol. The Bertz CT molecular complexity index is 583. The van der Waals surface area contributed by atoms with E-state index >= 15 is 0 Å². The van der Waals surface area contributed by atoms with Crippen LogP contribution in [0.2, 0.25) is 0 Å². The second-order valence-electron chi connectivity index (χ2n) is 4.81. The number of carboxylic acids is 1. The molecule has 9 heteroatoms. The monoisotopic (exact) mass is 303 g/mol. The van der Waals surface area contributed by atoms with Gasteiger partial charge in [0.2, 0.25) is 5.89 Å². The Kier molecular flexibility index (Phi) is 4.39. The lowest BCUT2D eigenvalue weighted by molar-refractivity contribution is -0.139.